The molecule has 90 valence electrons. The Balaban J connectivity index is 2.68. The Hall–Kier alpha value is -1.84. The van der Waals surface area contributed by atoms with Crippen LogP contribution in [0.4, 0.5) is 10.2 Å². The van der Waals surface area contributed by atoms with Crippen LogP contribution in [0.3, 0.4) is 0 Å². The monoisotopic (exact) mass is 234 g/mol. The third-order valence-electron chi connectivity index (χ3n) is 2.54. The molecule has 0 bridgehead atoms. The van der Waals surface area contributed by atoms with E-state index in [9.17, 15) is 4.39 Å². The minimum absolute atomic E-state index is 0.222. The Labute approximate surface area is 99.4 Å². The van der Waals surface area contributed by atoms with Crippen LogP contribution in [0.2, 0.25) is 0 Å². The van der Waals surface area contributed by atoms with E-state index in [0.717, 1.165) is 0 Å². The molecule has 2 rings (SSSR count). The van der Waals surface area contributed by atoms with Crippen molar-refractivity contribution in [2.24, 2.45) is 0 Å². The van der Waals surface area contributed by atoms with Crippen molar-refractivity contribution in [3.05, 3.63) is 35.8 Å². The molecule has 2 aromatic rings. The Morgan fingerprint density at radius 1 is 1.24 bits per heavy atom. The standard InChI is InChI=1S/C13H15FN2O/c1-13(2,3)11-10(12(15)16-17-11)8-6-4-5-7-9(8)14/h4-7H,1-3H3,(H2,15,16). The number of anilines is 1. The van der Waals surface area contributed by atoms with Gasteiger partial charge in [-0.25, -0.2) is 4.39 Å². The van der Waals surface area contributed by atoms with Gasteiger partial charge in [-0.2, -0.15) is 0 Å². The summed E-state index contributed by atoms with van der Waals surface area (Å²) in [7, 11) is 0. The summed E-state index contributed by atoms with van der Waals surface area (Å²) in [5, 5.41) is 3.74. The molecule has 4 heteroatoms. The number of aromatic nitrogens is 1. The van der Waals surface area contributed by atoms with Crippen molar-refractivity contribution in [1.82, 2.24) is 5.16 Å². The van der Waals surface area contributed by atoms with Crippen LogP contribution in [0, 0.1) is 5.82 Å². The predicted molar refractivity (Wildman–Crippen MR) is 65.0 cm³/mol. The summed E-state index contributed by atoms with van der Waals surface area (Å²) in [6.45, 7) is 5.91. The van der Waals surface area contributed by atoms with Gasteiger partial charge in [-0.15, -0.1) is 0 Å². The zero-order valence-electron chi connectivity index (χ0n) is 10.1. The molecular formula is C13H15FN2O. The molecule has 0 atom stereocenters. The second-order valence-electron chi connectivity index (χ2n) is 5.00. The number of nitrogens with zero attached hydrogens (tertiary/aromatic N) is 1. The molecule has 0 saturated carbocycles. The maximum absolute atomic E-state index is 13.8. The quantitative estimate of drug-likeness (QED) is 0.823. The lowest BCUT2D eigenvalue weighted by Gasteiger charge is -2.16. The van der Waals surface area contributed by atoms with E-state index in [2.05, 4.69) is 5.16 Å². The molecule has 0 aliphatic carbocycles. The molecule has 2 N–H and O–H groups in total. The largest absolute Gasteiger partial charge is 0.380 e. The first-order valence-electron chi connectivity index (χ1n) is 5.42. The fraction of sp³-hybridized carbons (Fsp3) is 0.308. The first kappa shape index (κ1) is 11.6. The van der Waals surface area contributed by atoms with Crippen molar-refractivity contribution in [3.63, 3.8) is 0 Å². The van der Waals surface area contributed by atoms with Gasteiger partial charge in [-0.05, 0) is 6.07 Å². The maximum atomic E-state index is 13.8. The molecule has 0 amide bonds. The summed E-state index contributed by atoms with van der Waals surface area (Å²) >= 11 is 0. The second kappa shape index (κ2) is 3.87. The van der Waals surface area contributed by atoms with Gasteiger partial charge in [0.15, 0.2) is 11.6 Å². The SMILES string of the molecule is CC(C)(C)c1onc(N)c1-c1ccccc1F. The minimum Gasteiger partial charge on any atom is -0.380 e. The van der Waals surface area contributed by atoms with Gasteiger partial charge >= 0.3 is 0 Å². The normalized spacial score (nSPS) is 11.8. The molecular weight excluding hydrogens is 219 g/mol. The van der Waals surface area contributed by atoms with Crippen LogP contribution < -0.4 is 5.73 Å². The van der Waals surface area contributed by atoms with Gasteiger partial charge in [0.1, 0.15) is 5.82 Å². The molecule has 0 radical (unpaired) electrons. The van der Waals surface area contributed by atoms with Crippen LogP contribution in [0.15, 0.2) is 28.8 Å². The van der Waals surface area contributed by atoms with Crippen molar-refractivity contribution in [1.29, 1.82) is 0 Å². The average molecular weight is 234 g/mol. The zero-order valence-corrected chi connectivity index (χ0v) is 10.1. The van der Waals surface area contributed by atoms with Gasteiger partial charge in [0.2, 0.25) is 0 Å². The minimum atomic E-state index is -0.326. The molecule has 17 heavy (non-hydrogen) atoms. The number of nitrogens with two attached hydrogens (primary N) is 1. The summed E-state index contributed by atoms with van der Waals surface area (Å²) in [5.74, 6) is 0.494. The van der Waals surface area contributed by atoms with Gasteiger partial charge in [-0.1, -0.05) is 44.1 Å². The summed E-state index contributed by atoms with van der Waals surface area (Å²) in [5.41, 5.74) is 6.47. The Kier molecular flexibility index (Phi) is 2.65. The van der Waals surface area contributed by atoms with Crippen molar-refractivity contribution >= 4 is 5.82 Å². The number of nitrogen functional groups attached to an aromatic ring is 1. The molecule has 1 aromatic heterocycles. The summed E-state index contributed by atoms with van der Waals surface area (Å²) < 4.78 is 19.0. The van der Waals surface area contributed by atoms with E-state index in [4.69, 9.17) is 10.3 Å². The zero-order chi connectivity index (χ0) is 12.6. The number of hydrogen-bond acceptors (Lipinski definition) is 3. The fourth-order valence-electron chi connectivity index (χ4n) is 1.74. The molecule has 0 unspecified atom stereocenters. The van der Waals surface area contributed by atoms with Crippen LogP contribution in [0.1, 0.15) is 26.5 Å². The third kappa shape index (κ3) is 2.02. The van der Waals surface area contributed by atoms with Crippen LogP contribution in [-0.4, -0.2) is 5.16 Å². The van der Waals surface area contributed by atoms with Crippen molar-refractivity contribution in [3.8, 4) is 11.1 Å². The van der Waals surface area contributed by atoms with E-state index in [0.29, 0.717) is 16.9 Å². The summed E-state index contributed by atoms with van der Waals surface area (Å²) in [4.78, 5) is 0. The molecule has 1 aromatic carbocycles. The Morgan fingerprint density at radius 2 is 1.88 bits per heavy atom. The average Bonchev–Trinajstić information content (AvgIpc) is 2.60. The highest BCUT2D eigenvalue weighted by molar-refractivity contribution is 5.76. The van der Waals surface area contributed by atoms with Gasteiger partial charge in [0.05, 0.1) is 5.56 Å². The maximum Gasteiger partial charge on any atom is 0.175 e. The van der Waals surface area contributed by atoms with E-state index in [1.165, 1.54) is 6.07 Å². The van der Waals surface area contributed by atoms with Crippen LogP contribution in [0.25, 0.3) is 11.1 Å². The predicted octanol–water partition coefficient (Wildman–Crippen LogP) is 3.36. The van der Waals surface area contributed by atoms with E-state index < -0.39 is 0 Å². The van der Waals surface area contributed by atoms with Gasteiger partial charge < -0.3 is 10.3 Å². The first-order valence-corrected chi connectivity index (χ1v) is 5.42. The van der Waals surface area contributed by atoms with Crippen LogP contribution in [-0.2, 0) is 5.41 Å². The van der Waals surface area contributed by atoms with Crippen LogP contribution in [0.5, 0.6) is 0 Å². The highest BCUT2D eigenvalue weighted by atomic mass is 19.1. The number of benzene rings is 1. The Morgan fingerprint density at radius 3 is 2.47 bits per heavy atom. The number of rotatable bonds is 1. The van der Waals surface area contributed by atoms with Crippen molar-refractivity contribution in [2.45, 2.75) is 26.2 Å². The molecule has 0 aliphatic rings. The smallest absolute Gasteiger partial charge is 0.175 e. The second-order valence-corrected chi connectivity index (χ2v) is 5.00. The first-order chi connectivity index (χ1) is 7.91. The highest BCUT2D eigenvalue weighted by Gasteiger charge is 2.27. The molecule has 0 spiro atoms. The number of halogens is 1. The van der Waals surface area contributed by atoms with Crippen LogP contribution >= 0.6 is 0 Å². The van der Waals surface area contributed by atoms with E-state index in [1.807, 2.05) is 20.8 Å². The molecule has 0 saturated heterocycles. The number of hydrogen-bond donors (Lipinski definition) is 1. The topological polar surface area (TPSA) is 52.0 Å². The van der Waals surface area contributed by atoms with E-state index in [1.54, 1.807) is 18.2 Å². The molecule has 1 heterocycles. The molecule has 0 fully saturated rings. The third-order valence-corrected chi connectivity index (χ3v) is 2.54. The lowest BCUT2D eigenvalue weighted by atomic mass is 9.88. The van der Waals surface area contributed by atoms with Crippen molar-refractivity contribution < 1.29 is 8.91 Å². The van der Waals surface area contributed by atoms with Gasteiger partial charge in [0.25, 0.3) is 0 Å². The van der Waals surface area contributed by atoms with Crippen molar-refractivity contribution in [2.75, 3.05) is 5.73 Å². The Bertz CT molecular complexity index is 541. The summed E-state index contributed by atoms with van der Waals surface area (Å²) in [6, 6.07) is 6.47. The van der Waals surface area contributed by atoms with E-state index in [-0.39, 0.29) is 17.1 Å². The lowest BCUT2D eigenvalue weighted by Crippen LogP contribution is -2.11. The lowest BCUT2D eigenvalue weighted by molar-refractivity contribution is 0.332. The van der Waals surface area contributed by atoms with Gasteiger partial charge in [-0.3, -0.25) is 0 Å². The van der Waals surface area contributed by atoms with E-state index >= 15 is 0 Å². The molecule has 0 aliphatic heterocycles. The molecule has 3 nitrogen and oxygen atoms in total. The fourth-order valence-corrected chi connectivity index (χ4v) is 1.74. The highest BCUT2D eigenvalue weighted by Crippen LogP contribution is 2.37. The van der Waals surface area contributed by atoms with Gasteiger partial charge in [0, 0.05) is 11.0 Å². The summed E-state index contributed by atoms with van der Waals surface area (Å²) in [6.07, 6.45) is 0.